The highest BCUT2D eigenvalue weighted by atomic mass is 19.1. The first-order valence-corrected chi connectivity index (χ1v) is 10.7. The number of benzene rings is 2. The molecule has 2 fully saturated rings. The summed E-state index contributed by atoms with van der Waals surface area (Å²) < 4.78 is 25.3. The van der Waals surface area contributed by atoms with Crippen molar-refractivity contribution >= 4 is 11.8 Å². The third-order valence-electron chi connectivity index (χ3n) is 6.50. The molecule has 5 rings (SSSR count). The van der Waals surface area contributed by atoms with Gasteiger partial charge in [0.25, 0.3) is 11.8 Å². The molecule has 1 saturated carbocycles. The second kappa shape index (κ2) is 7.96. The van der Waals surface area contributed by atoms with E-state index in [0.717, 1.165) is 5.56 Å². The summed E-state index contributed by atoms with van der Waals surface area (Å²) in [5.41, 5.74) is 2.20. The van der Waals surface area contributed by atoms with Crippen LogP contribution in [0.2, 0.25) is 0 Å². The Labute approximate surface area is 180 Å². The fourth-order valence-corrected chi connectivity index (χ4v) is 4.85. The van der Waals surface area contributed by atoms with Crippen molar-refractivity contribution in [3.63, 3.8) is 0 Å². The largest absolute Gasteiger partial charge is 0.486 e. The number of alkyl halides is 1. The van der Waals surface area contributed by atoms with E-state index >= 15 is 0 Å². The number of carbonyl (C=O) groups excluding carboxylic acids is 2. The Morgan fingerprint density at radius 2 is 1.84 bits per heavy atom. The number of halogens is 1. The van der Waals surface area contributed by atoms with E-state index in [1.165, 1.54) is 0 Å². The Kier molecular flexibility index (Phi) is 5.14. The molecular weight excluding hydrogens is 399 g/mol. The molecular formula is C24H25FN2O4. The van der Waals surface area contributed by atoms with Crippen LogP contribution in [-0.2, 0) is 4.74 Å². The predicted octanol–water partition coefficient (Wildman–Crippen LogP) is 2.67. The van der Waals surface area contributed by atoms with Crippen molar-refractivity contribution in [2.75, 3.05) is 26.4 Å². The minimum Gasteiger partial charge on any atom is -0.486 e. The van der Waals surface area contributed by atoms with Gasteiger partial charge in [-0.3, -0.25) is 9.59 Å². The van der Waals surface area contributed by atoms with Crippen LogP contribution >= 0.6 is 0 Å². The molecule has 7 heteroatoms. The maximum absolute atomic E-state index is 13.9. The van der Waals surface area contributed by atoms with Crippen molar-refractivity contribution in [1.29, 1.82) is 0 Å². The molecule has 0 bridgehead atoms. The van der Waals surface area contributed by atoms with E-state index in [4.69, 9.17) is 9.47 Å². The van der Waals surface area contributed by atoms with Gasteiger partial charge in [0.15, 0.2) is 0 Å². The van der Waals surface area contributed by atoms with Gasteiger partial charge in [-0.15, -0.1) is 0 Å². The van der Waals surface area contributed by atoms with Crippen LogP contribution in [-0.4, -0.2) is 50.4 Å². The minimum absolute atomic E-state index is 0.113. The first-order valence-electron chi connectivity index (χ1n) is 10.7. The Hall–Kier alpha value is -2.93. The second-order valence-electron chi connectivity index (χ2n) is 8.36. The summed E-state index contributed by atoms with van der Waals surface area (Å²) in [6.45, 7) is 2.90. The zero-order valence-corrected chi connectivity index (χ0v) is 17.3. The molecule has 0 unspecified atom stereocenters. The Balaban J connectivity index is 1.54. The van der Waals surface area contributed by atoms with E-state index in [1.807, 2.05) is 37.3 Å². The van der Waals surface area contributed by atoms with E-state index in [1.54, 1.807) is 12.1 Å². The van der Waals surface area contributed by atoms with Crippen LogP contribution in [0.1, 0.15) is 44.7 Å². The molecule has 2 aliphatic heterocycles. The number of amides is 2. The van der Waals surface area contributed by atoms with Crippen LogP contribution in [0.3, 0.4) is 0 Å². The molecule has 1 saturated heterocycles. The molecule has 2 aromatic rings. The molecule has 31 heavy (non-hydrogen) atoms. The summed E-state index contributed by atoms with van der Waals surface area (Å²) in [5.74, 6) is 0.140. The van der Waals surface area contributed by atoms with E-state index in [0.29, 0.717) is 48.5 Å². The van der Waals surface area contributed by atoms with E-state index in [-0.39, 0.29) is 23.4 Å². The van der Waals surface area contributed by atoms with Crippen LogP contribution in [0.15, 0.2) is 42.5 Å². The van der Waals surface area contributed by atoms with Gasteiger partial charge in [0, 0.05) is 35.5 Å². The standard InChI is InChI=1S/C24H25FN2O4/c1-2-26-24(29)16-9-14(23(28)27-21-17-11-30-12-18(17)21)8-15-20(13-6-4-3-5-7-13)19(10-25)31-22(15)16/h3-9,17-21H,2,10-12H2,1H3,(H,26,29)(H,27,28)/t17-,18+,19-,20+,21+/m1/s1. The quantitative estimate of drug-likeness (QED) is 0.748. The van der Waals surface area contributed by atoms with Gasteiger partial charge in [-0.25, -0.2) is 4.39 Å². The molecule has 2 N–H and O–H groups in total. The van der Waals surface area contributed by atoms with Gasteiger partial charge in [-0.05, 0) is 24.6 Å². The summed E-state index contributed by atoms with van der Waals surface area (Å²) >= 11 is 0. The van der Waals surface area contributed by atoms with Gasteiger partial charge in [0.1, 0.15) is 18.5 Å². The third-order valence-corrected chi connectivity index (χ3v) is 6.50. The molecule has 0 aromatic heterocycles. The first-order chi connectivity index (χ1) is 15.1. The number of hydrogen-bond acceptors (Lipinski definition) is 4. The number of carbonyl (C=O) groups is 2. The molecule has 3 aliphatic rings. The summed E-state index contributed by atoms with van der Waals surface area (Å²) in [6.07, 6.45) is -0.746. The monoisotopic (exact) mass is 424 g/mol. The number of nitrogens with one attached hydrogen (secondary N) is 2. The molecule has 1 aliphatic carbocycles. The SMILES string of the molecule is CCNC(=O)c1cc(C(=O)N[C@H]2[C@@H]3COC[C@@H]32)cc2c1O[C@H](CF)[C@H]2c1ccccc1. The number of fused-ring (bicyclic) bond motifs is 2. The number of ether oxygens (including phenoxy) is 2. The molecule has 0 spiro atoms. The highest BCUT2D eigenvalue weighted by molar-refractivity contribution is 6.02. The first kappa shape index (κ1) is 20.0. The number of rotatable bonds is 6. The second-order valence-corrected chi connectivity index (χ2v) is 8.36. The van der Waals surface area contributed by atoms with Crippen molar-refractivity contribution in [2.24, 2.45) is 11.8 Å². The van der Waals surface area contributed by atoms with Crippen LogP contribution < -0.4 is 15.4 Å². The molecule has 0 radical (unpaired) electrons. The Bertz CT molecular complexity index is 1000. The maximum Gasteiger partial charge on any atom is 0.255 e. The molecule has 162 valence electrons. The fourth-order valence-electron chi connectivity index (χ4n) is 4.85. The highest BCUT2D eigenvalue weighted by Gasteiger charge is 2.54. The van der Waals surface area contributed by atoms with E-state index in [2.05, 4.69) is 10.6 Å². The molecule has 2 amide bonds. The van der Waals surface area contributed by atoms with Crippen LogP contribution in [0.25, 0.3) is 0 Å². The van der Waals surface area contributed by atoms with E-state index < -0.39 is 18.7 Å². The van der Waals surface area contributed by atoms with Gasteiger partial charge >= 0.3 is 0 Å². The summed E-state index contributed by atoms with van der Waals surface area (Å²) in [4.78, 5) is 25.8. The average Bonchev–Trinajstić information content (AvgIpc) is 3.13. The molecule has 5 atom stereocenters. The maximum atomic E-state index is 13.9. The van der Waals surface area contributed by atoms with Crippen molar-refractivity contribution in [3.8, 4) is 5.75 Å². The third kappa shape index (κ3) is 3.47. The number of hydrogen-bond donors (Lipinski definition) is 2. The van der Waals surface area contributed by atoms with Crippen molar-refractivity contribution in [3.05, 3.63) is 64.7 Å². The summed E-state index contributed by atoms with van der Waals surface area (Å²) in [5, 5.41) is 5.85. The smallest absolute Gasteiger partial charge is 0.255 e. The van der Waals surface area contributed by atoms with Gasteiger partial charge in [0.05, 0.1) is 24.7 Å². The van der Waals surface area contributed by atoms with Gasteiger partial charge in [-0.1, -0.05) is 30.3 Å². The van der Waals surface area contributed by atoms with Crippen LogP contribution in [0.4, 0.5) is 4.39 Å². The Morgan fingerprint density at radius 1 is 1.10 bits per heavy atom. The Morgan fingerprint density at radius 3 is 2.52 bits per heavy atom. The zero-order chi connectivity index (χ0) is 21.5. The lowest BCUT2D eigenvalue weighted by atomic mass is 9.86. The predicted molar refractivity (Wildman–Crippen MR) is 112 cm³/mol. The minimum atomic E-state index is -0.746. The topological polar surface area (TPSA) is 76.7 Å². The lowest BCUT2D eigenvalue weighted by molar-refractivity contribution is 0.0928. The normalized spacial score (nSPS) is 27.7. The lowest BCUT2D eigenvalue weighted by Gasteiger charge is -2.16. The van der Waals surface area contributed by atoms with Crippen molar-refractivity contribution in [1.82, 2.24) is 10.6 Å². The highest BCUT2D eigenvalue weighted by Crippen LogP contribution is 2.46. The van der Waals surface area contributed by atoms with Crippen molar-refractivity contribution in [2.45, 2.75) is 25.0 Å². The molecule has 6 nitrogen and oxygen atoms in total. The van der Waals surface area contributed by atoms with E-state index in [9.17, 15) is 14.0 Å². The van der Waals surface area contributed by atoms with Crippen molar-refractivity contribution < 1.29 is 23.5 Å². The van der Waals surface area contributed by atoms with Crippen LogP contribution in [0, 0.1) is 11.8 Å². The van der Waals surface area contributed by atoms with Gasteiger partial charge in [0.2, 0.25) is 0 Å². The average molecular weight is 424 g/mol. The van der Waals surface area contributed by atoms with Crippen LogP contribution in [0.5, 0.6) is 5.75 Å². The fraction of sp³-hybridized carbons (Fsp3) is 0.417. The summed E-state index contributed by atoms with van der Waals surface area (Å²) in [6, 6.07) is 12.9. The molecule has 2 heterocycles. The molecule has 2 aromatic carbocycles. The van der Waals surface area contributed by atoms with Gasteiger partial charge < -0.3 is 20.1 Å². The summed E-state index contributed by atoms with van der Waals surface area (Å²) in [7, 11) is 0. The van der Waals surface area contributed by atoms with Gasteiger partial charge in [-0.2, -0.15) is 0 Å². The lowest BCUT2D eigenvalue weighted by Crippen LogP contribution is -2.30. The zero-order valence-electron chi connectivity index (χ0n) is 17.3.